The lowest BCUT2D eigenvalue weighted by Crippen LogP contribution is -2.21. The van der Waals surface area contributed by atoms with E-state index in [0.29, 0.717) is 6.04 Å². The van der Waals surface area contributed by atoms with E-state index in [1.54, 1.807) is 0 Å². The zero-order valence-corrected chi connectivity index (χ0v) is 13.1. The molecule has 0 saturated heterocycles. The highest BCUT2D eigenvalue weighted by atomic mass is 14.9. The summed E-state index contributed by atoms with van der Waals surface area (Å²) >= 11 is 0. The third-order valence-corrected chi connectivity index (χ3v) is 4.46. The second-order valence-electron chi connectivity index (χ2n) is 5.76. The van der Waals surface area contributed by atoms with Gasteiger partial charge in [-0.15, -0.1) is 0 Å². The summed E-state index contributed by atoms with van der Waals surface area (Å²) < 4.78 is 0. The Kier molecular flexibility index (Phi) is 5.40. The first kappa shape index (κ1) is 15.2. The molecule has 0 fully saturated rings. The third kappa shape index (κ3) is 3.14. The second kappa shape index (κ2) is 6.38. The second-order valence-corrected chi connectivity index (χ2v) is 5.76. The molecule has 0 amide bonds. The van der Waals surface area contributed by atoms with Gasteiger partial charge in [0.1, 0.15) is 0 Å². The van der Waals surface area contributed by atoms with Gasteiger partial charge in [0.2, 0.25) is 0 Å². The molecule has 0 bridgehead atoms. The maximum atomic E-state index is 3.52. The van der Waals surface area contributed by atoms with Gasteiger partial charge in [0.05, 0.1) is 0 Å². The topological polar surface area (TPSA) is 12.0 Å². The van der Waals surface area contributed by atoms with Gasteiger partial charge in [-0.3, -0.25) is 0 Å². The maximum Gasteiger partial charge on any atom is 0.0325 e. The standard InChI is InChI=1S/C17H29N/c1-8-11(2)9-16(18-7)17-14(5)12(3)10-13(4)15(17)6/h10-11,16,18H,8-9H2,1-7H3. The minimum Gasteiger partial charge on any atom is -0.313 e. The molecule has 0 spiro atoms. The average molecular weight is 247 g/mol. The van der Waals surface area contributed by atoms with Gasteiger partial charge in [-0.05, 0) is 74.9 Å². The predicted molar refractivity (Wildman–Crippen MR) is 81.3 cm³/mol. The predicted octanol–water partition coefficient (Wildman–Crippen LogP) is 4.62. The number of nitrogens with one attached hydrogen (secondary N) is 1. The fourth-order valence-corrected chi connectivity index (χ4v) is 2.72. The van der Waals surface area contributed by atoms with Crippen LogP contribution in [0.5, 0.6) is 0 Å². The van der Waals surface area contributed by atoms with Gasteiger partial charge in [0.15, 0.2) is 0 Å². The molecule has 0 radical (unpaired) electrons. The molecule has 18 heavy (non-hydrogen) atoms. The van der Waals surface area contributed by atoms with Crippen molar-refractivity contribution in [3.8, 4) is 0 Å². The van der Waals surface area contributed by atoms with Crippen molar-refractivity contribution >= 4 is 0 Å². The van der Waals surface area contributed by atoms with Crippen molar-refractivity contribution in [1.29, 1.82) is 0 Å². The van der Waals surface area contributed by atoms with E-state index >= 15 is 0 Å². The van der Waals surface area contributed by atoms with Crippen LogP contribution in [0.15, 0.2) is 6.07 Å². The molecule has 1 N–H and O–H groups in total. The number of hydrogen-bond acceptors (Lipinski definition) is 1. The minimum atomic E-state index is 0.485. The Hall–Kier alpha value is -0.820. The molecule has 1 heteroatoms. The largest absolute Gasteiger partial charge is 0.313 e. The monoisotopic (exact) mass is 247 g/mol. The molecule has 0 aliphatic heterocycles. The highest BCUT2D eigenvalue weighted by Crippen LogP contribution is 2.31. The van der Waals surface area contributed by atoms with Crippen molar-refractivity contribution in [1.82, 2.24) is 5.32 Å². The van der Waals surface area contributed by atoms with Gasteiger partial charge < -0.3 is 5.32 Å². The minimum absolute atomic E-state index is 0.485. The molecule has 2 atom stereocenters. The van der Waals surface area contributed by atoms with Crippen LogP contribution < -0.4 is 5.32 Å². The fraction of sp³-hybridized carbons (Fsp3) is 0.647. The zero-order valence-electron chi connectivity index (χ0n) is 13.1. The van der Waals surface area contributed by atoms with E-state index in [1.807, 2.05) is 0 Å². The summed E-state index contributed by atoms with van der Waals surface area (Å²) in [5, 5.41) is 3.52. The lowest BCUT2D eigenvalue weighted by molar-refractivity contribution is 0.419. The van der Waals surface area contributed by atoms with E-state index < -0.39 is 0 Å². The molecule has 0 heterocycles. The van der Waals surface area contributed by atoms with E-state index in [-0.39, 0.29) is 0 Å². The van der Waals surface area contributed by atoms with Gasteiger partial charge in [0, 0.05) is 6.04 Å². The van der Waals surface area contributed by atoms with Crippen LogP contribution in [0.25, 0.3) is 0 Å². The molecule has 102 valence electrons. The highest BCUT2D eigenvalue weighted by molar-refractivity contribution is 5.45. The summed E-state index contributed by atoms with van der Waals surface area (Å²) in [4.78, 5) is 0. The molecule has 0 aliphatic carbocycles. The van der Waals surface area contributed by atoms with Gasteiger partial charge in [-0.1, -0.05) is 26.3 Å². The van der Waals surface area contributed by atoms with Crippen LogP contribution >= 0.6 is 0 Å². The molecule has 2 unspecified atom stereocenters. The van der Waals surface area contributed by atoms with Crippen molar-refractivity contribution in [2.45, 2.75) is 60.4 Å². The molecule has 1 aromatic rings. The quantitative estimate of drug-likeness (QED) is 0.800. The Morgan fingerprint density at radius 1 is 1.06 bits per heavy atom. The summed E-state index contributed by atoms with van der Waals surface area (Å²) in [7, 11) is 2.09. The number of hydrogen-bond donors (Lipinski definition) is 1. The van der Waals surface area contributed by atoms with Crippen LogP contribution in [-0.2, 0) is 0 Å². The third-order valence-electron chi connectivity index (χ3n) is 4.46. The highest BCUT2D eigenvalue weighted by Gasteiger charge is 2.18. The number of benzene rings is 1. The summed E-state index contributed by atoms with van der Waals surface area (Å²) in [5.74, 6) is 0.766. The molecular weight excluding hydrogens is 218 g/mol. The van der Waals surface area contributed by atoms with Crippen molar-refractivity contribution in [3.05, 3.63) is 33.9 Å². The van der Waals surface area contributed by atoms with Crippen LogP contribution in [0.4, 0.5) is 0 Å². The van der Waals surface area contributed by atoms with Crippen LogP contribution in [0.2, 0.25) is 0 Å². The number of rotatable bonds is 5. The van der Waals surface area contributed by atoms with Crippen LogP contribution in [0.1, 0.15) is 60.5 Å². The molecule has 1 nitrogen and oxygen atoms in total. The molecule has 1 rings (SSSR count). The first-order valence-corrected chi connectivity index (χ1v) is 7.16. The number of aryl methyl sites for hydroxylation is 2. The van der Waals surface area contributed by atoms with Gasteiger partial charge in [-0.2, -0.15) is 0 Å². The van der Waals surface area contributed by atoms with Gasteiger partial charge in [0.25, 0.3) is 0 Å². The Balaban J connectivity index is 3.20. The van der Waals surface area contributed by atoms with Gasteiger partial charge in [-0.25, -0.2) is 0 Å². The van der Waals surface area contributed by atoms with Crippen molar-refractivity contribution in [2.75, 3.05) is 7.05 Å². The molecular formula is C17H29N. The molecule has 0 aliphatic rings. The Labute approximate surface area is 113 Å². The maximum absolute atomic E-state index is 3.52. The van der Waals surface area contributed by atoms with Crippen molar-refractivity contribution < 1.29 is 0 Å². The lowest BCUT2D eigenvalue weighted by atomic mass is 9.85. The van der Waals surface area contributed by atoms with Gasteiger partial charge >= 0.3 is 0 Å². The first-order valence-electron chi connectivity index (χ1n) is 7.16. The van der Waals surface area contributed by atoms with E-state index in [2.05, 4.69) is 60.0 Å². The van der Waals surface area contributed by atoms with Crippen LogP contribution in [-0.4, -0.2) is 7.05 Å². The first-order chi connectivity index (χ1) is 8.42. The molecule has 0 aromatic heterocycles. The van der Waals surface area contributed by atoms with E-state index in [9.17, 15) is 0 Å². The average Bonchev–Trinajstić information content (AvgIpc) is 2.35. The van der Waals surface area contributed by atoms with E-state index in [0.717, 1.165) is 5.92 Å². The smallest absolute Gasteiger partial charge is 0.0325 e. The Morgan fingerprint density at radius 3 is 1.94 bits per heavy atom. The van der Waals surface area contributed by atoms with Crippen LogP contribution in [0, 0.1) is 33.6 Å². The summed E-state index contributed by atoms with van der Waals surface area (Å²) in [6, 6.07) is 2.79. The van der Waals surface area contributed by atoms with E-state index in [1.165, 1.54) is 40.7 Å². The SMILES string of the molecule is CCC(C)CC(NC)c1c(C)c(C)cc(C)c1C. The Morgan fingerprint density at radius 2 is 1.56 bits per heavy atom. The van der Waals surface area contributed by atoms with E-state index in [4.69, 9.17) is 0 Å². The van der Waals surface area contributed by atoms with Crippen molar-refractivity contribution in [2.24, 2.45) is 5.92 Å². The summed E-state index contributed by atoms with van der Waals surface area (Å²) in [6.45, 7) is 13.6. The van der Waals surface area contributed by atoms with Crippen LogP contribution in [0.3, 0.4) is 0 Å². The normalized spacial score (nSPS) is 14.6. The molecule has 1 aromatic carbocycles. The van der Waals surface area contributed by atoms with Crippen molar-refractivity contribution in [3.63, 3.8) is 0 Å². The fourth-order valence-electron chi connectivity index (χ4n) is 2.72. The summed E-state index contributed by atoms with van der Waals surface area (Å²) in [5.41, 5.74) is 7.27. The molecule has 0 saturated carbocycles. The lowest BCUT2D eigenvalue weighted by Gasteiger charge is -2.26. The zero-order chi connectivity index (χ0) is 13.9. The summed E-state index contributed by atoms with van der Waals surface area (Å²) in [6.07, 6.45) is 2.47. The Bertz CT molecular complexity index is 380.